The number of hydrogen-bond acceptors (Lipinski definition) is 6. The number of pyridine rings is 1. The van der Waals surface area contributed by atoms with Gasteiger partial charge in [0.1, 0.15) is 5.15 Å². The van der Waals surface area contributed by atoms with Crippen LogP contribution in [-0.2, 0) is 9.47 Å². The molecule has 0 fully saturated rings. The van der Waals surface area contributed by atoms with Gasteiger partial charge in [-0.3, -0.25) is 4.79 Å². The van der Waals surface area contributed by atoms with Crippen LogP contribution < -0.4 is 0 Å². The van der Waals surface area contributed by atoms with Crippen molar-refractivity contribution < 1.29 is 23.9 Å². The number of carbonyl (C=O) groups excluding carboxylic acids is 3. The highest BCUT2D eigenvalue weighted by atomic mass is 35.5. The Hall–Kier alpha value is -2.38. The SMILES string of the molecule is CCOC(=O)c1c(C)[nH]c(C)c1C(=O)COC(=O)c1cnc(Cl)c(Cl)c1. The molecule has 0 saturated heterocycles. The van der Waals surface area contributed by atoms with E-state index in [0.29, 0.717) is 11.4 Å². The number of nitrogens with one attached hydrogen (secondary N) is 1. The molecule has 0 spiro atoms. The van der Waals surface area contributed by atoms with E-state index in [4.69, 9.17) is 32.7 Å². The lowest BCUT2D eigenvalue weighted by Gasteiger charge is -2.07. The largest absolute Gasteiger partial charge is 0.462 e. The minimum absolute atomic E-state index is 0.0526. The van der Waals surface area contributed by atoms with E-state index in [0.717, 1.165) is 0 Å². The number of aromatic nitrogens is 2. The molecule has 2 heterocycles. The minimum Gasteiger partial charge on any atom is -0.462 e. The molecule has 0 aliphatic rings. The van der Waals surface area contributed by atoms with E-state index < -0.39 is 24.3 Å². The fourth-order valence-electron chi connectivity index (χ4n) is 2.41. The van der Waals surface area contributed by atoms with E-state index in [2.05, 4.69) is 9.97 Å². The van der Waals surface area contributed by atoms with Crippen LogP contribution in [0.3, 0.4) is 0 Å². The summed E-state index contributed by atoms with van der Waals surface area (Å²) in [4.78, 5) is 43.3. The molecule has 0 aliphatic carbocycles. The van der Waals surface area contributed by atoms with Crippen LogP contribution in [0.4, 0.5) is 0 Å². The lowest BCUT2D eigenvalue weighted by molar-refractivity contribution is 0.0471. The van der Waals surface area contributed by atoms with Gasteiger partial charge in [0.25, 0.3) is 0 Å². The van der Waals surface area contributed by atoms with E-state index in [9.17, 15) is 14.4 Å². The Labute approximate surface area is 159 Å². The van der Waals surface area contributed by atoms with Crippen LogP contribution in [-0.4, -0.2) is 40.9 Å². The Bertz CT molecular complexity index is 876. The number of rotatable bonds is 6. The number of esters is 2. The lowest BCUT2D eigenvalue weighted by atomic mass is 10.1. The van der Waals surface area contributed by atoms with Gasteiger partial charge >= 0.3 is 11.9 Å². The van der Waals surface area contributed by atoms with Crippen molar-refractivity contribution in [2.24, 2.45) is 0 Å². The maximum atomic E-state index is 12.5. The van der Waals surface area contributed by atoms with Crippen molar-refractivity contribution in [1.82, 2.24) is 9.97 Å². The summed E-state index contributed by atoms with van der Waals surface area (Å²) in [6.07, 6.45) is 1.19. The predicted octanol–water partition coefficient (Wildman–Crippen LogP) is 3.55. The van der Waals surface area contributed by atoms with Crippen LogP contribution >= 0.6 is 23.2 Å². The van der Waals surface area contributed by atoms with Crippen molar-refractivity contribution >= 4 is 40.9 Å². The maximum Gasteiger partial charge on any atom is 0.340 e. The van der Waals surface area contributed by atoms with Gasteiger partial charge in [-0.05, 0) is 26.8 Å². The molecule has 9 heteroatoms. The van der Waals surface area contributed by atoms with E-state index in [1.54, 1.807) is 20.8 Å². The minimum atomic E-state index is -0.785. The second-order valence-electron chi connectivity index (χ2n) is 5.34. The molecular weight excluding hydrogens is 383 g/mol. The van der Waals surface area contributed by atoms with E-state index in [-0.39, 0.29) is 33.5 Å². The molecule has 2 aromatic heterocycles. The molecule has 0 atom stereocenters. The summed E-state index contributed by atoms with van der Waals surface area (Å²) >= 11 is 11.5. The van der Waals surface area contributed by atoms with Gasteiger partial charge in [-0.1, -0.05) is 23.2 Å². The molecule has 0 radical (unpaired) electrons. The Morgan fingerprint density at radius 2 is 1.73 bits per heavy atom. The van der Waals surface area contributed by atoms with Gasteiger partial charge in [0.05, 0.1) is 28.3 Å². The van der Waals surface area contributed by atoms with Crippen LogP contribution in [0.5, 0.6) is 0 Å². The van der Waals surface area contributed by atoms with Crippen molar-refractivity contribution in [2.45, 2.75) is 20.8 Å². The molecule has 2 rings (SSSR count). The van der Waals surface area contributed by atoms with E-state index >= 15 is 0 Å². The topological polar surface area (TPSA) is 98.4 Å². The zero-order chi connectivity index (χ0) is 19.4. The van der Waals surface area contributed by atoms with Gasteiger partial charge in [-0.15, -0.1) is 0 Å². The first-order valence-corrected chi connectivity index (χ1v) is 8.39. The maximum absolute atomic E-state index is 12.5. The fourth-order valence-corrected chi connectivity index (χ4v) is 2.68. The fraction of sp³-hybridized carbons (Fsp3) is 0.294. The number of aryl methyl sites for hydroxylation is 2. The van der Waals surface area contributed by atoms with Gasteiger partial charge in [0.15, 0.2) is 6.61 Å². The molecule has 0 aromatic carbocycles. The first kappa shape index (κ1) is 19.9. The summed E-state index contributed by atoms with van der Waals surface area (Å²) in [5.41, 5.74) is 1.33. The van der Waals surface area contributed by atoms with Gasteiger partial charge in [-0.2, -0.15) is 0 Å². The Morgan fingerprint density at radius 3 is 2.35 bits per heavy atom. The average molecular weight is 399 g/mol. The van der Waals surface area contributed by atoms with Gasteiger partial charge in [0, 0.05) is 17.6 Å². The summed E-state index contributed by atoms with van der Waals surface area (Å²) in [5, 5.41) is 0.144. The molecule has 0 amide bonds. The summed E-state index contributed by atoms with van der Waals surface area (Å²) in [6, 6.07) is 1.29. The zero-order valence-corrected chi connectivity index (χ0v) is 15.8. The number of H-pyrrole nitrogens is 1. The highest BCUT2D eigenvalue weighted by molar-refractivity contribution is 6.41. The summed E-state index contributed by atoms with van der Waals surface area (Å²) in [7, 11) is 0. The monoisotopic (exact) mass is 398 g/mol. The summed E-state index contributed by atoms with van der Waals surface area (Å²) in [6.45, 7) is 4.59. The Kier molecular flexibility index (Phi) is 6.39. The number of hydrogen-bond donors (Lipinski definition) is 1. The third-order valence-electron chi connectivity index (χ3n) is 3.50. The van der Waals surface area contributed by atoms with Crippen molar-refractivity contribution in [3.63, 3.8) is 0 Å². The van der Waals surface area contributed by atoms with Crippen molar-refractivity contribution in [2.75, 3.05) is 13.2 Å². The standard InChI is InChI=1S/C17H16Cl2N2O5/c1-4-25-17(24)14-9(3)21-8(2)13(14)12(22)7-26-16(23)10-5-11(18)15(19)20-6-10/h5-6,21H,4,7H2,1-3H3. The average Bonchev–Trinajstić information content (AvgIpc) is 2.89. The molecule has 1 N–H and O–H groups in total. The first-order valence-electron chi connectivity index (χ1n) is 7.63. The van der Waals surface area contributed by atoms with Gasteiger partial charge in [-0.25, -0.2) is 14.6 Å². The number of nitrogens with zero attached hydrogens (tertiary/aromatic N) is 1. The van der Waals surface area contributed by atoms with Crippen molar-refractivity contribution in [1.29, 1.82) is 0 Å². The van der Waals surface area contributed by atoms with E-state index in [1.807, 2.05) is 0 Å². The second kappa shape index (κ2) is 8.33. The van der Waals surface area contributed by atoms with Gasteiger partial charge < -0.3 is 14.5 Å². The molecular formula is C17H16Cl2N2O5. The second-order valence-corrected chi connectivity index (χ2v) is 6.11. The number of ether oxygens (including phenoxy) is 2. The summed E-state index contributed by atoms with van der Waals surface area (Å²) < 4.78 is 9.98. The van der Waals surface area contributed by atoms with Crippen LogP contribution in [0.25, 0.3) is 0 Å². The molecule has 0 saturated carbocycles. The predicted molar refractivity (Wildman–Crippen MR) is 95.1 cm³/mol. The number of ketones is 1. The summed E-state index contributed by atoms with van der Waals surface area (Å²) in [5.74, 6) is -1.93. The smallest absolute Gasteiger partial charge is 0.340 e. The first-order chi connectivity index (χ1) is 12.3. The molecule has 2 aromatic rings. The normalized spacial score (nSPS) is 10.5. The van der Waals surface area contributed by atoms with Crippen molar-refractivity contribution in [3.8, 4) is 0 Å². The lowest BCUT2D eigenvalue weighted by Crippen LogP contribution is -2.18. The highest BCUT2D eigenvalue weighted by Crippen LogP contribution is 2.22. The molecule has 0 aliphatic heterocycles. The molecule has 0 unspecified atom stereocenters. The van der Waals surface area contributed by atoms with Crippen LogP contribution in [0.1, 0.15) is 49.4 Å². The highest BCUT2D eigenvalue weighted by Gasteiger charge is 2.26. The Morgan fingerprint density at radius 1 is 1.08 bits per heavy atom. The van der Waals surface area contributed by atoms with Crippen LogP contribution in [0, 0.1) is 13.8 Å². The number of Topliss-reactive ketones (excluding diaryl/α,β-unsaturated/α-hetero) is 1. The van der Waals surface area contributed by atoms with Crippen LogP contribution in [0.2, 0.25) is 10.2 Å². The number of halogens is 2. The third kappa shape index (κ3) is 4.23. The number of aromatic amines is 1. The van der Waals surface area contributed by atoms with Crippen LogP contribution in [0.15, 0.2) is 12.3 Å². The third-order valence-corrected chi connectivity index (χ3v) is 4.19. The molecule has 26 heavy (non-hydrogen) atoms. The Balaban J connectivity index is 2.16. The molecule has 138 valence electrons. The quantitative estimate of drug-likeness (QED) is 0.453. The van der Waals surface area contributed by atoms with E-state index in [1.165, 1.54) is 12.3 Å². The van der Waals surface area contributed by atoms with Crippen molar-refractivity contribution in [3.05, 3.63) is 50.5 Å². The number of carbonyl (C=O) groups is 3. The molecule has 7 nitrogen and oxygen atoms in total. The van der Waals surface area contributed by atoms with Gasteiger partial charge in [0.2, 0.25) is 5.78 Å². The zero-order valence-electron chi connectivity index (χ0n) is 14.3. The molecule has 0 bridgehead atoms.